The second-order valence-electron chi connectivity index (χ2n) is 18.6. The predicted molar refractivity (Wildman–Crippen MR) is 222 cm³/mol. The van der Waals surface area contributed by atoms with Crippen LogP contribution in [0.2, 0.25) is 0 Å². The lowest BCUT2D eigenvalue weighted by atomic mass is 9.46. The maximum Gasteiger partial charge on any atom is 0.186 e. The Morgan fingerprint density at radius 1 is 0.820 bits per heavy atom. The first-order valence-electron chi connectivity index (χ1n) is 22.1. The van der Waals surface area contributed by atoms with E-state index in [0.29, 0.717) is 61.8 Å². The fourth-order valence-corrected chi connectivity index (χ4v) is 11.8. The van der Waals surface area contributed by atoms with E-state index in [0.717, 1.165) is 49.7 Å². The summed E-state index contributed by atoms with van der Waals surface area (Å²) in [5.41, 5.74) is 3.26. The zero-order valence-corrected chi connectivity index (χ0v) is 35.6. The van der Waals surface area contributed by atoms with Crippen molar-refractivity contribution in [2.45, 2.75) is 134 Å². The molecule has 2 N–H and O–H groups in total. The summed E-state index contributed by atoms with van der Waals surface area (Å²) in [7, 11) is 1.58. The first-order chi connectivity index (χ1) is 29.6. The lowest BCUT2D eigenvalue weighted by Gasteiger charge is -2.59. The van der Waals surface area contributed by atoms with Gasteiger partial charge in [0, 0.05) is 18.9 Å². The highest BCUT2D eigenvalue weighted by Crippen LogP contribution is 2.69. The van der Waals surface area contributed by atoms with Crippen LogP contribution in [-0.4, -0.2) is 90.4 Å². The van der Waals surface area contributed by atoms with E-state index < -0.39 is 36.3 Å². The number of allylic oxidation sites excluding steroid dienone is 1. The number of ether oxygens (including phenoxy) is 5. The van der Waals surface area contributed by atoms with Gasteiger partial charge in [-0.15, -0.1) is 10.2 Å². The summed E-state index contributed by atoms with van der Waals surface area (Å²) in [6, 6.07) is 19.9. The first-order valence-corrected chi connectivity index (χ1v) is 22.1. The molecule has 3 heterocycles. The Morgan fingerprint density at radius 3 is 2.26 bits per heavy atom. The van der Waals surface area contributed by atoms with Crippen LogP contribution >= 0.6 is 0 Å². The van der Waals surface area contributed by atoms with Crippen molar-refractivity contribution in [3.63, 3.8) is 0 Å². The van der Waals surface area contributed by atoms with Crippen LogP contribution < -0.4 is 0 Å². The molecule has 3 saturated carbocycles. The fraction of sp³-hybridized carbons (Fsp3) is 0.596. The number of carbonyl (C=O) groups is 1. The SMILES string of the molecule is CO[C@H]1O[C@H](COCc2ccccc2)[C@H](OCc2ccccc2)[C@H]1OCc1cn(CC(O)Cn2cc([C@]3(O)CC[C@H]4[C@@H]5CCC6=CC(=O)CC[C@]6(C)[C@H]5CC[C@@]43C)nn2)nn1. The Labute approximate surface area is 357 Å². The van der Waals surface area contributed by atoms with Gasteiger partial charge in [-0.2, -0.15) is 0 Å². The average molecular weight is 837 g/mol. The lowest BCUT2D eigenvalue weighted by molar-refractivity contribution is -0.171. The number of hydrogen-bond donors (Lipinski definition) is 2. The summed E-state index contributed by atoms with van der Waals surface area (Å²) < 4.78 is 34.1. The van der Waals surface area contributed by atoms with Crippen molar-refractivity contribution in [3.05, 3.63) is 107 Å². The van der Waals surface area contributed by atoms with Gasteiger partial charge in [0.2, 0.25) is 0 Å². The molecule has 0 radical (unpaired) electrons. The number of methoxy groups -OCH3 is 1. The summed E-state index contributed by atoms with van der Waals surface area (Å²) in [6.07, 6.45) is 9.65. The summed E-state index contributed by atoms with van der Waals surface area (Å²) in [6.45, 7) is 6.21. The van der Waals surface area contributed by atoms with Crippen molar-refractivity contribution < 1.29 is 38.7 Å². The molecule has 4 aromatic rings. The van der Waals surface area contributed by atoms with Crippen molar-refractivity contribution in [2.24, 2.45) is 28.6 Å². The Bertz CT molecular complexity index is 2150. The molecule has 9 rings (SSSR count). The zero-order valence-electron chi connectivity index (χ0n) is 35.6. The van der Waals surface area contributed by atoms with E-state index in [9.17, 15) is 15.0 Å². The first kappa shape index (κ1) is 42.2. The molecule has 5 aliphatic rings. The van der Waals surface area contributed by atoms with Gasteiger partial charge in [-0.05, 0) is 85.3 Å². The molecule has 1 saturated heterocycles. The number of carbonyl (C=O) groups excluding carboxylic acids is 1. The summed E-state index contributed by atoms with van der Waals surface area (Å²) in [5.74, 6) is 1.70. The van der Waals surface area contributed by atoms with Gasteiger partial charge in [0.15, 0.2) is 12.1 Å². The van der Waals surface area contributed by atoms with Crippen LogP contribution in [0.4, 0.5) is 0 Å². The molecule has 14 heteroatoms. The van der Waals surface area contributed by atoms with Crippen LogP contribution in [0.5, 0.6) is 0 Å². The van der Waals surface area contributed by atoms with Crippen molar-refractivity contribution in [1.29, 1.82) is 0 Å². The van der Waals surface area contributed by atoms with E-state index in [1.54, 1.807) is 22.7 Å². The number of hydrogen-bond acceptors (Lipinski definition) is 12. The fourth-order valence-electron chi connectivity index (χ4n) is 11.8. The minimum atomic E-state index is -1.10. The molecule has 14 nitrogen and oxygen atoms in total. The largest absolute Gasteiger partial charge is 0.389 e. The van der Waals surface area contributed by atoms with Crippen LogP contribution in [0, 0.1) is 28.6 Å². The third-order valence-corrected chi connectivity index (χ3v) is 15.1. The van der Waals surface area contributed by atoms with Gasteiger partial charge in [0.25, 0.3) is 0 Å². The van der Waals surface area contributed by atoms with Gasteiger partial charge in [0.1, 0.15) is 35.3 Å². The number of fused-ring (bicyclic) bond motifs is 5. The maximum atomic E-state index is 12.5. The number of aliphatic hydroxyl groups is 2. The molecule has 61 heavy (non-hydrogen) atoms. The molecular weight excluding hydrogens is 777 g/mol. The van der Waals surface area contributed by atoms with Crippen LogP contribution in [0.25, 0.3) is 0 Å². The summed E-state index contributed by atoms with van der Waals surface area (Å²) >= 11 is 0. The predicted octanol–water partition coefficient (Wildman–Crippen LogP) is 5.71. The molecule has 4 fully saturated rings. The van der Waals surface area contributed by atoms with E-state index in [2.05, 4.69) is 34.5 Å². The maximum absolute atomic E-state index is 12.5. The summed E-state index contributed by atoms with van der Waals surface area (Å²) in [4.78, 5) is 12.3. The third-order valence-electron chi connectivity index (χ3n) is 15.1. The zero-order chi connectivity index (χ0) is 42.2. The second kappa shape index (κ2) is 17.5. The molecule has 0 amide bonds. The molecule has 326 valence electrons. The monoisotopic (exact) mass is 836 g/mol. The smallest absolute Gasteiger partial charge is 0.186 e. The minimum absolute atomic E-state index is 0.0803. The van der Waals surface area contributed by atoms with E-state index in [1.165, 1.54) is 5.57 Å². The van der Waals surface area contributed by atoms with Crippen LogP contribution in [0.3, 0.4) is 0 Å². The number of aromatic nitrogens is 6. The van der Waals surface area contributed by atoms with Gasteiger partial charge in [-0.3, -0.25) is 4.79 Å². The highest BCUT2D eigenvalue weighted by molar-refractivity contribution is 5.91. The highest BCUT2D eigenvalue weighted by Gasteiger charge is 2.65. The van der Waals surface area contributed by atoms with Gasteiger partial charge in [-0.1, -0.05) is 90.5 Å². The Hall–Kier alpha value is -4.15. The van der Waals surface area contributed by atoms with Gasteiger partial charge in [0.05, 0.1) is 58.0 Å². The molecule has 1 unspecified atom stereocenters. The Morgan fingerprint density at radius 2 is 1.51 bits per heavy atom. The van der Waals surface area contributed by atoms with E-state index >= 15 is 0 Å². The lowest BCUT2D eigenvalue weighted by Crippen LogP contribution is -2.53. The standard InChI is InChI=1S/C47H60N6O8/c1-45-19-16-35(54)22-33(45)14-15-37-38(45)17-20-46(2)39(37)18-21-47(46,56)41-26-53(51-49-41)25-36(55)24-52-23-34(48-50-52)29-60-43-42(59-28-32-12-8-5-9-13-32)40(61-44(43)57-3)30-58-27-31-10-6-4-7-11-31/h4-13,22-23,26,36-40,42-44,55-56H,14-21,24-25,27-30H2,1-3H3/t36?,37-,38+,39+,40-,42+,43-,44+,45+,46+,47-/m1/s1. The second-order valence-corrected chi connectivity index (χ2v) is 18.6. The Balaban J connectivity index is 0.803. The van der Waals surface area contributed by atoms with Gasteiger partial charge < -0.3 is 33.9 Å². The number of rotatable bonds is 16. The third kappa shape index (κ3) is 8.28. The van der Waals surface area contributed by atoms with Crippen LogP contribution in [0.15, 0.2) is 84.7 Å². The molecule has 2 aromatic carbocycles. The molecule has 0 spiro atoms. The number of benzene rings is 2. The van der Waals surface area contributed by atoms with Crippen LogP contribution in [0.1, 0.15) is 87.7 Å². The number of ketones is 1. The van der Waals surface area contributed by atoms with Crippen LogP contribution in [-0.2, 0) is 67.0 Å². The average Bonchev–Trinajstić information content (AvgIpc) is 4.06. The molecule has 2 aromatic heterocycles. The minimum Gasteiger partial charge on any atom is -0.389 e. The number of aliphatic hydroxyl groups excluding tert-OH is 1. The van der Waals surface area contributed by atoms with Crippen molar-refractivity contribution in [3.8, 4) is 0 Å². The van der Waals surface area contributed by atoms with Crippen molar-refractivity contribution in [1.82, 2.24) is 30.0 Å². The molecule has 0 bridgehead atoms. The van der Waals surface area contributed by atoms with Crippen molar-refractivity contribution in [2.75, 3.05) is 13.7 Å². The molecular formula is C47H60N6O8. The quantitative estimate of drug-likeness (QED) is 0.142. The molecule has 4 aliphatic carbocycles. The van der Waals surface area contributed by atoms with E-state index in [-0.39, 0.29) is 36.3 Å². The van der Waals surface area contributed by atoms with Gasteiger partial charge in [-0.25, -0.2) is 9.36 Å². The molecule has 11 atom stereocenters. The normalized spacial score (nSPS) is 33.8. The van der Waals surface area contributed by atoms with E-state index in [1.807, 2.05) is 72.9 Å². The topological polar surface area (TPSA) is 165 Å². The van der Waals surface area contributed by atoms with E-state index in [4.69, 9.17) is 23.7 Å². The van der Waals surface area contributed by atoms with Gasteiger partial charge >= 0.3 is 0 Å². The summed E-state index contributed by atoms with van der Waals surface area (Å²) in [5, 5.41) is 41.2. The highest BCUT2D eigenvalue weighted by atomic mass is 16.7. The van der Waals surface area contributed by atoms with Crippen molar-refractivity contribution >= 4 is 5.78 Å². The Kier molecular flexibility index (Phi) is 12.1. The number of nitrogens with zero attached hydrogens (tertiary/aromatic N) is 6. The molecule has 1 aliphatic heterocycles.